The highest BCUT2D eigenvalue weighted by atomic mass is 79.9. The summed E-state index contributed by atoms with van der Waals surface area (Å²) in [5, 5.41) is 0.725. The summed E-state index contributed by atoms with van der Waals surface area (Å²) in [6, 6.07) is 5.69. The van der Waals surface area contributed by atoms with Crippen molar-refractivity contribution in [2.45, 2.75) is 26.8 Å². The molecule has 78 valence electrons. The minimum absolute atomic E-state index is 0.0180. The molecule has 0 spiro atoms. The van der Waals surface area contributed by atoms with Crippen LogP contribution >= 0.6 is 27.5 Å². The quantitative estimate of drug-likeness (QED) is 0.819. The lowest BCUT2D eigenvalue weighted by molar-refractivity contribution is 0.326. The number of nitrogens with two attached hydrogens (primary N) is 1. The average molecular weight is 277 g/mol. The van der Waals surface area contributed by atoms with E-state index < -0.39 is 0 Å². The maximum Gasteiger partial charge on any atom is 0.0410 e. The van der Waals surface area contributed by atoms with Gasteiger partial charge in [0.2, 0.25) is 0 Å². The van der Waals surface area contributed by atoms with E-state index in [4.69, 9.17) is 17.3 Å². The summed E-state index contributed by atoms with van der Waals surface area (Å²) in [7, 11) is 0. The molecule has 2 N–H and O–H groups in total. The van der Waals surface area contributed by atoms with E-state index in [0.29, 0.717) is 0 Å². The molecule has 3 heteroatoms. The zero-order chi connectivity index (χ0) is 10.9. The number of benzene rings is 1. The van der Waals surface area contributed by atoms with E-state index in [2.05, 4.69) is 36.7 Å². The highest BCUT2D eigenvalue weighted by Gasteiger charge is 2.24. The van der Waals surface area contributed by atoms with Crippen LogP contribution in [-0.2, 0) is 0 Å². The van der Waals surface area contributed by atoms with Gasteiger partial charge in [-0.05, 0) is 29.2 Å². The van der Waals surface area contributed by atoms with Crippen LogP contribution in [-0.4, -0.2) is 0 Å². The van der Waals surface area contributed by atoms with Gasteiger partial charge in [-0.1, -0.05) is 48.3 Å². The zero-order valence-electron chi connectivity index (χ0n) is 8.64. The third kappa shape index (κ3) is 2.72. The topological polar surface area (TPSA) is 26.0 Å². The summed E-state index contributed by atoms with van der Waals surface area (Å²) >= 11 is 9.42. The van der Waals surface area contributed by atoms with Gasteiger partial charge in [0.1, 0.15) is 0 Å². The fourth-order valence-corrected chi connectivity index (χ4v) is 1.89. The number of rotatable bonds is 1. The predicted molar refractivity (Wildman–Crippen MR) is 65.5 cm³/mol. The molecule has 0 aliphatic heterocycles. The van der Waals surface area contributed by atoms with Gasteiger partial charge in [0.15, 0.2) is 0 Å². The van der Waals surface area contributed by atoms with Crippen LogP contribution in [0.2, 0.25) is 5.02 Å². The molecule has 0 heterocycles. The molecule has 0 amide bonds. The monoisotopic (exact) mass is 275 g/mol. The highest BCUT2D eigenvalue weighted by molar-refractivity contribution is 9.10. The predicted octanol–water partition coefficient (Wildman–Crippen LogP) is 4.15. The van der Waals surface area contributed by atoms with Gasteiger partial charge in [0.05, 0.1) is 0 Å². The molecule has 1 atom stereocenters. The first-order chi connectivity index (χ1) is 6.32. The van der Waals surface area contributed by atoms with Crippen LogP contribution in [0.4, 0.5) is 0 Å². The van der Waals surface area contributed by atoms with E-state index in [1.165, 1.54) is 0 Å². The van der Waals surface area contributed by atoms with Gasteiger partial charge in [-0.2, -0.15) is 0 Å². The van der Waals surface area contributed by atoms with Crippen LogP contribution in [0, 0.1) is 5.41 Å². The Morgan fingerprint density at radius 1 is 1.36 bits per heavy atom. The van der Waals surface area contributed by atoms with E-state index in [1.54, 1.807) is 0 Å². The summed E-state index contributed by atoms with van der Waals surface area (Å²) in [6.07, 6.45) is 0. The third-order valence-electron chi connectivity index (χ3n) is 2.23. The Bertz CT molecular complexity index is 331. The first-order valence-electron chi connectivity index (χ1n) is 4.53. The Balaban J connectivity index is 3.12. The second-order valence-corrected chi connectivity index (χ2v) is 5.80. The second-order valence-electron chi connectivity index (χ2n) is 4.51. The number of hydrogen-bond acceptors (Lipinski definition) is 1. The molecule has 0 aliphatic rings. The van der Waals surface area contributed by atoms with Crippen molar-refractivity contribution in [1.29, 1.82) is 0 Å². The molecule has 0 unspecified atom stereocenters. The number of hydrogen-bond donors (Lipinski definition) is 1. The SMILES string of the molecule is CC(C)(C)[C@@H](N)c1cc(Cl)ccc1Br. The van der Waals surface area contributed by atoms with Crippen LogP contribution in [0.1, 0.15) is 32.4 Å². The van der Waals surface area contributed by atoms with Crippen molar-refractivity contribution in [3.63, 3.8) is 0 Å². The van der Waals surface area contributed by atoms with E-state index in [1.807, 2.05) is 18.2 Å². The Kier molecular flexibility index (Phi) is 3.62. The summed E-state index contributed by atoms with van der Waals surface area (Å²) in [5.41, 5.74) is 7.25. The molecule has 0 saturated heterocycles. The van der Waals surface area contributed by atoms with Gasteiger partial charge in [-0.3, -0.25) is 0 Å². The third-order valence-corrected chi connectivity index (χ3v) is 3.18. The first-order valence-corrected chi connectivity index (χ1v) is 5.70. The van der Waals surface area contributed by atoms with Crippen LogP contribution < -0.4 is 5.73 Å². The molecule has 0 saturated carbocycles. The lowest BCUT2D eigenvalue weighted by Gasteiger charge is -2.28. The van der Waals surface area contributed by atoms with E-state index in [9.17, 15) is 0 Å². The van der Waals surface area contributed by atoms with E-state index >= 15 is 0 Å². The van der Waals surface area contributed by atoms with Crippen molar-refractivity contribution in [2.75, 3.05) is 0 Å². The Morgan fingerprint density at radius 2 is 1.93 bits per heavy atom. The molecule has 1 aromatic rings. The van der Waals surface area contributed by atoms with Gasteiger partial charge >= 0.3 is 0 Å². The first kappa shape index (κ1) is 12.0. The minimum atomic E-state index is -0.0180. The maximum absolute atomic E-state index is 6.15. The smallest absolute Gasteiger partial charge is 0.0410 e. The summed E-state index contributed by atoms with van der Waals surface area (Å²) < 4.78 is 1.02. The fraction of sp³-hybridized carbons (Fsp3) is 0.455. The second kappa shape index (κ2) is 4.21. The lowest BCUT2D eigenvalue weighted by Crippen LogP contribution is -2.26. The summed E-state index contributed by atoms with van der Waals surface area (Å²) in [5.74, 6) is 0. The van der Waals surface area contributed by atoms with Crippen molar-refractivity contribution in [3.05, 3.63) is 33.3 Å². The molecule has 1 aromatic carbocycles. The molecular formula is C11H15BrClN. The van der Waals surface area contributed by atoms with Crippen molar-refractivity contribution < 1.29 is 0 Å². The standard InChI is InChI=1S/C11H15BrClN/c1-11(2,3)10(14)8-6-7(13)4-5-9(8)12/h4-6,10H,14H2,1-3H3/t10-/m0/s1. The number of halogens is 2. The summed E-state index contributed by atoms with van der Waals surface area (Å²) in [6.45, 7) is 6.35. The van der Waals surface area contributed by atoms with Gasteiger partial charge in [-0.25, -0.2) is 0 Å². The van der Waals surface area contributed by atoms with Gasteiger partial charge < -0.3 is 5.73 Å². The van der Waals surface area contributed by atoms with Gasteiger partial charge in [-0.15, -0.1) is 0 Å². The van der Waals surface area contributed by atoms with Crippen molar-refractivity contribution in [2.24, 2.45) is 11.1 Å². The Labute approximate surface area is 98.8 Å². The molecule has 0 bridgehead atoms. The molecule has 1 rings (SSSR count). The fourth-order valence-electron chi connectivity index (χ4n) is 1.22. The van der Waals surface area contributed by atoms with Crippen LogP contribution in [0.15, 0.2) is 22.7 Å². The van der Waals surface area contributed by atoms with Crippen molar-refractivity contribution in [3.8, 4) is 0 Å². The average Bonchev–Trinajstić information content (AvgIpc) is 2.06. The molecule has 0 fully saturated rings. The summed E-state index contributed by atoms with van der Waals surface area (Å²) in [4.78, 5) is 0. The molecule has 1 nitrogen and oxygen atoms in total. The normalized spacial score (nSPS) is 14.1. The molecule has 14 heavy (non-hydrogen) atoms. The molecule has 0 radical (unpaired) electrons. The van der Waals surface area contributed by atoms with Gasteiger partial charge in [0.25, 0.3) is 0 Å². The molecule has 0 aromatic heterocycles. The van der Waals surface area contributed by atoms with Crippen LogP contribution in [0.3, 0.4) is 0 Å². The lowest BCUT2D eigenvalue weighted by atomic mass is 9.83. The van der Waals surface area contributed by atoms with Crippen LogP contribution in [0.25, 0.3) is 0 Å². The Morgan fingerprint density at radius 3 is 2.43 bits per heavy atom. The van der Waals surface area contributed by atoms with E-state index in [0.717, 1.165) is 15.1 Å². The van der Waals surface area contributed by atoms with Crippen molar-refractivity contribution in [1.82, 2.24) is 0 Å². The largest absolute Gasteiger partial charge is 0.323 e. The van der Waals surface area contributed by atoms with E-state index in [-0.39, 0.29) is 11.5 Å². The molecular weight excluding hydrogens is 261 g/mol. The zero-order valence-corrected chi connectivity index (χ0v) is 11.0. The minimum Gasteiger partial charge on any atom is -0.323 e. The van der Waals surface area contributed by atoms with Gasteiger partial charge in [0, 0.05) is 15.5 Å². The van der Waals surface area contributed by atoms with Crippen molar-refractivity contribution >= 4 is 27.5 Å². The molecule has 0 aliphatic carbocycles. The Hall–Kier alpha value is -0.0500. The highest BCUT2D eigenvalue weighted by Crippen LogP contribution is 2.35. The maximum atomic E-state index is 6.15. The van der Waals surface area contributed by atoms with Crippen LogP contribution in [0.5, 0.6) is 0 Å².